The molecule has 0 unspecified atom stereocenters. The number of nitrogens with zero attached hydrogens (tertiary/aromatic N) is 1. The van der Waals surface area contributed by atoms with Gasteiger partial charge < -0.3 is 10.2 Å². The Labute approximate surface area is 88.9 Å². The normalized spacial score (nSPS) is 10.5. The van der Waals surface area contributed by atoms with Crippen molar-refractivity contribution < 1.29 is 4.42 Å². The summed E-state index contributed by atoms with van der Waals surface area (Å²) in [6, 6.07) is 9.88. The van der Waals surface area contributed by atoms with Crippen LogP contribution in [0.1, 0.15) is 11.5 Å². The molecule has 2 N–H and O–H groups in total. The minimum Gasteiger partial charge on any atom is -0.441 e. The van der Waals surface area contributed by atoms with Gasteiger partial charge in [-0.2, -0.15) is 0 Å². The first kappa shape index (κ1) is 9.93. The number of oxazole rings is 1. The van der Waals surface area contributed by atoms with Crippen molar-refractivity contribution >= 4 is 0 Å². The van der Waals surface area contributed by atoms with E-state index in [1.54, 1.807) is 0 Å². The molecule has 0 bridgehead atoms. The second-order valence-corrected chi connectivity index (χ2v) is 3.43. The molecule has 0 saturated heterocycles. The first-order valence-electron chi connectivity index (χ1n) is 5.03. The van der Waals surface area contributed by atoms with Gasteiger partial charge >= 0.3 is 0 Å². The molecule has 1 heterocycles. The lowest BCUT2D eigenvalue weighted by Crippen LogP contribution is -2.03. The summed E-state index contributed by atoms with van der Waals surface area (Å²) in [5.41, 5.74) is 7.45. The van der Waals surface area contributed by atoms with E-state index >= 15 is 0 Å². The predicted octanol–water partition coefficient (Wildman–Crippen LogP) is 2.15. The topological polar surface area (TPSA) is 52.0 Å². The van der Waals surface area contributed by atoms with Crippen LogP contribution in [0.15, 0.2) is 34.7 Å². The Morgan fingerprint density at radius 2 is 2.00 bits per heavy atom. The number of nitrogens with two attached hydrogens (primary N) is 1. The van der Waals surface area contributed by atoms with Gasteiger partial charge in [-0.05, 0) is 25.6 Å². The number of benzene rings is 1. The van der Waals surface area contributed by atoms with Crippen molar-refractivity contribution in [2.24, 2.45) is 5.73 Å². The fourth-order valence-electron chi connectivity index (χ4n) is 1.50. The molecule has 0 fully saturated rings. The largest absolute Gasteiger partial charge is 0.441 e. The molecule has 15 heavy (non-hydrogen) atoms. The van der Waals surface area contributed by atoms with Crippen molar-refractivity contribution in [2.45, 2.75) is 13.3 Å². The predicted molar refractivity (Wildman–Crippen MR) is 59.4 cm³/mol. The maximum absolute atomic E-state index is 5.59. The van der Waals surface area contributed by atoms with E-state index in [0.29, 0.717) is 12.4 Å². The molecule has 1 aromatic heterocycles. The van der Waals surface area contributed by atoms with Gasteiger partial charge in [0, 0.05) is 12.0 Å². The van der Waals surface area contributed by atoms with Gasteiger partial charge in [-0.25, -0.2) is 4.98 Å². The van der Waals surface area contributed by atoms with E-state index in [-0.39, 0.29) is 0 Å². The zero-order valence-electron chi connectivity index (χ0n) is 8.73. The Balaban J connectivity index is 2.34. The second-order valence-electron chi connectivity index (χ2n) is 3.43. The Bertz CT molecular complexity index is 434. The van der Waals surface area contributed by atoms with E-state index in [1.165, 1.54) is 0 Å². The van der Waals surface area contributed by atoms with Gasteiger partial charge in [0.25, 0.3) is 0 Å². The zero-order chi connectivity index (χ0) is 10.7. The molecule has 0 radical (unpaired) electrons. The van der Waals surface area contributed by atoms with Crippen LogP contribution >= 0.6 is 0 Å². The third kappa shape index (κ3) is 2.07. The summed E-state index contributed by atoms with van der Waals surface area (Å²) >= 11 is 0. The number of rotatable bonds is 3. The smallest absolute Gasteiger partial charge is 0.226 e. The highest BCUT2D eigenvalue weighted by Crippen LogP contribution is 2.21. The second kappa shape index (κ2) is 4.28. The van der Waals surface area contributed by atoms with E-state index in [9.17, 15) is 0 Å². The minimum atomic E-state index is 0.599. The van der Waals surface area contributed by atoms with Gasteiger partial charge in [0.05, 0.1) is 5.69 Å². The SMILES string of the molecule is Cc1oc(-c2ccccc2)nc1CCN. The van der Waals surface area contributed by atoms with Crippen molar-refractivity contribution in [1.82, 2.24) is 4.98 Å². The highest BCUT2D eigenvalue weighted by molar-refractivity contribution is 5.53. The van der Waals surface area contributed by atoms with Gasteiger partial charge in [0.1, 0.15) is 5.76 Å². The molecule has 0 atom stereocenters. The molecule has 2 rings (SSSR count). The molecule has 0 aliphatic rings. The quantitative estimate of drug-likeness (QED) is 0.829. The molecule has 78 valence electrons. The molecule has 0 spiro atoms. The van der Waals surface area contributed by atoms with Crippen LogP contribution in [0.2, 0.25) is 0 Å². The van der Waals surface area contributed by atoms with E-state index in [4.69, 9.17) is 10.2 Å². The van der Waals surface area contributed by atoms with Crippen LogP contribution < -0.4 is 5.73 Å². The summed E-state index contributed by atoms with van der Waals surface area (Å²) in [6.07, 6.45) is 0.766. The molecule has 0 aliphatic carbocycles. The number of hydrogen-bond donors (Lipinski definition) is 1. The molecule has 0 amide bonds. The average molecular weight is 202 g/mol. The first-order chi connectivity index (χ1) is 7.31. The Kier molecular flexibility index (Phi) is 2.83. The summed E-state index contributed by atoms with van der Waals surface area (Å²) in [6.45, 7) is 2.52. The summed E-state index contributed by atoms with van der Waals surface area (Å²) in [5.74, 6) is 1.54. The van der Waals surface area contributed by atoms with E-state index in [2.05, 4.69) is 4.98 Å². The Hall–Kier alpha value is -1.61. The summed E-state index contributed by atoms with van der Waals surface area (Å²) in [5, 5.41) is 0. The van der Waals surface area contributed by atoms with Crippen LogP contribution in [0.3, 0.4) is 0 Å². The van der Waals surface area contributed by atoms with Crippen LogP contribution in [0, 0.1) is 6.92 Å². The molecule has 2 aromatic rings. The highest BCUT2D eigenvalue weighted by atomic mass is 16.4. The summed E-state index contributed by atoms with van der Waals surface area (Å²) < 4.78 is 5.59. The van der Waals surface area contributed by atoms with Gasteiger partial charge in [0.2, 0.25) is 5.89 Å². The van der Waals surface area contributed by atoms with Crippen molar-refractivity contribution in [3.63, 3.8) is 0 Å². The Morgan fingerprint density at radius 3 is 2.67 bits per heavy atom. The fraction of sp³-hybridized carbons (Fsp3) is 0.250. The van der Waals surface area contributed by atoms with Crippen molar-refractivity contribution in [1.29, 1.82) is 0 Å². The van der Waals surface area contributed by atoms with Crippen LogP contribution in [0.25, 0.3) is 11.5 Å². The van der Waals surface area contributed by atoms with Crippen LogP contribution in [0.4, 0.5) is 0 Å². The highest BCUT2D eigenvalue weighted by Gasteiger charge is 2.09. The average Bonchev–Trinajstić information content (AvgIpc) is 2.63. The third-order valence-corrected chi connectivity index (χ3v) is 2.29. The summed E-state index contributed by atoms with van der Waals surface area (Å²) in [4.78, 5) is 4.42. The van der Waals surface area contributed by atoms with Crippen molar-refractivity contribution in [3.8, 4) is 11.5 Å². The zero-order valence-corrected chi connectivity index (χ0v) is 8.73. The van der Waals surface area contributed by atoms with Gasteiger partial charge in [-0.3, -0.25) is 0 Å². The van der Waals surface area contributed by atoms with E-state index in [1.807, 2.05) is 37.3 Å². The molecule has 0 saturated carbocycles. The molecule has 3 heteroatoms. The van der Waals surface area contributed by atoms with E-state index < -0.39 is 0 Å². The van der Waals surface area contributed by atoms with Gasteiger partial charge in [0.15, 0.2) is 0 Å². The number of aromatic nitrogens is 1. The lowest BCUT2D eigenvalue weighted by Gasteiger charge is -1.92. The lowest BCUT2D eigenvalue weighted by atomic mass is 10.2. The number of hydrogen-bond acceptors (Lipinski definition) is 3. The Morgan fingerprint density at radius 1 is 1.27 bits per heavy atom. The maximum Gasteiger partial charge on any atom is 0.226 e. The molecule has 1 aromatic carbocycles. The van der Waals surface area contributed by atoms with Crippen molar-refractivity contribution in [2.75, 3.05) is 6.54 Å². The fourth-order valence-corrected chi connectivity index (χ4v) is 1.50. The molecule has 3 nitrogen and oxygen atoms in total. The third-order valence-electron chi connectivity index (χ3n) is 2.29. The maximum atomic E-state index is 5.59. The molecular formula is C12H14N2O. The monoisotopic (exact) mass is 202 g/mol. The first-order valence-corrected chi connectivity index (χ1v) is 5.03. The molecule has 0 aliphatic heterocycles. The minimum absolute atomic E-state index is 0.599. The van der Waals surface area contributed by atoms with Crippen LogP contribution in [-0.4, -0.2) is 11.5 Å². The molecular weight excluding hydrogens is 188 g/mol. The van der Waals surface area contributed by atoms with E-state index in [0.717, 1.165) is 23.4 Å². The van der Waals surface area contributed by atoms with Crippen LogP contribution in [0.5, 0.6) is 0 Å². The van der Waals surface area contributed by atoms with Gasteiger partial charge in [-0.15, -0.1) is 0 Å². The van der Waals surface area contributed by atoms with Gasteiger partial charge in [-0.1, -0.05) is 18.2 Å². The lowest BCUT2D eigenvalue weighted by molar-refractivity contribution is 0.539. The summed E-state index contributed by atoms with van der Waals surface area (Å²) in [7, 11) is 0. The van der Waals surface area contributed by atoms with Crippen molar-refractivity contribution in [3.05, 3.63) is 41.8 Å². The van der Waals surface area contributed by atoms with Crippen LogP contribution in [-0.2, 0) is 6.42 Å². The standard InChI is InChI=1S/C12H14N2O/c1-9-11(7-8-13)14-12(15-9)10-5-3-2-4-6-10/h2-6H,7-8,13H2,1H3. The number of aryl methyl sites for hydroxylation is 1.